The quantitative estimate of drug-likeness (QED) is 0.728. The number of aryl methyl sites for hydroxylation is 1. The molecule has 0 heterocycles. The van der Waals surface area contributed by atoms with E-state index < -0.39 is 13.1 Å². The first kappa shape index (κ1) is 14.3. The average Bonchev–Trinajstić information content (AvgIpc) is 2.46. The van der Waals surface area contributed by atoms with E-state index in [1.165, 1.54) is 12.1 Å². The van der Waals surface area contributed by atoms with Crippen LogP contribution < -0.4 is 0 Å². The summed E-state index contributed by atoms with van der Waals surface area (Å²) in [6.07, 6.45) is -2.00. The van der Waals surface area contributed by atoms with Crippen LogP contribution in [0.4, 0.5) is 13.2 Å². The third kappa shape index (κ3) is 2.59. The Bertz CT molecular complexity index is 636. The van der Waals surface area contributed by atoms with Crippen LogP contribution in [0.5, 0.6) is 0 Å². The lowest BCUT2D eigenvalue weighted by atomic mass is 9.92. The summed E-state index contributed by atoms with van der Waals surface area (Å²) in [5.74, 6) is 0. The Balaban J connectivity index is 2.63. The Labute approximate surface area is 115 Å². The Morgan fingerprint density at radius 3 is 2.45 bits per heavy atom. The number of carbonyl (C=O) groups excluding carboxylic acids is 1. The predicted octanol–water partition coefficient (Wildman–Crippen LogP) is 4.88. The maximum Gasteiger partial charge on any atom is 0.264 e. The molecule has 2 rings (SSSR count). The minimum Gasteiger partial charge on any atom is -0.298 e. The second-order valence-electron chi connectivity index (χ2n) is 4.50. The fraction of sp³-hybridized carbons (Fsp3) is 0.188. The standard InChI is InChI=1S/C16H13F3O/c1-10-7-11(9-20)5-6-12(10)13-3-2-4-14(16(18)19)15(13)8-17/h2-7,9,16H,8H2,1H3. The summed E-state index contributed by atoms with van der Waals surface area (Å²) >= 11 is 0. The van der Waals surface area contributed by atoms with Crippen LogP contribution in [0, 0.1) is 6.92 Å². The predicted molar refractivity (Wildman–Crippen MR) is 71.8 cm³/mol. The first-order valence-electron chi connectivity index (χ1n) is 6.10. The maximum absolute atomic E-state index is 13.2. The molecular formula is C16H13F3O. The molecule has 0 saturated heterocycles. The highest BCUT2D eigenvalue weighted by Crippen LogP contribution is 2.34. The van der Waals surface area contributed by atoms with E-state index in [0.717, 1.165) is 5.56 Å². The first-order valence-corrected chi connectivity index (χ1v) is 6.10. The molecule has 2 aromatic carbocycles. The van der Waals surface area contributed by atoms with E-state index in [2.05, 4.69) is 0 Å². The Morgan fingerprint density at radius 1 is 1.15 bits per heavy atom. The summed E-state index contributed by atoms with van der Waals surface area (Å²) in [5, 5.41) is 0. The van der Waals surface area contributed by atoms with Crippen molar-refractivity contribution in [2.24, 2.45) is 0 Å². The fourth-order valence-electron chi connectivity index (χ4n) is 2.27. The Kier molecular flexibility index (Phi) is 4.23. The molecule has 0 aliphatic rings. The van der Waals surface area contributed by atoms with Gasteiger partial charge in [-0.25, -0.2) is 13.2 Å². The Morgan fingerprint density at radius 2 is 1.90 bits per heavy atom. The number of halogens is 3. The van der Waals surface area contributed by atoms with Crippen LogP contribution in [0.25, 0.3) is 11.1 Å². The van der Waals surface area contributed by atoms with Crippen LogP contribution in [-0.4, -0.2) is 6.29 Å². The zero-order valence-electron chi connectivity index (χ0n) is 10.9. The summed E-state index contributed by atoms with van der Waals surface area (Å²) in [6.45, 7) is 0.810. The van der Waals surface area contributed by atoms with E-state index in [0.29, 0.717) is 23.0 Å². The summed E-state index contributed by atoms with van der Waals surface area (Å²) < 4.78 is 39.0. The smallest absolute Gasteiger partial charge is 0.264 e. The summed E-state index contributed by atoms with van der Waals surface area (Å²) in [7, 11) is 0. The van der Waals surface area contributed by atoms with Crippen molar-refractivity contribution < 1.29 is 18.0 Å². The largest absolute Gasteiger partial charge is 0.298 e. The van der Waals surface area contributed by atoms with E-state index >= 15 is 0 Å². The highest BCUT2D eigenvalue weighted by atomic mass is 19.3. The minimum atomic E-state index is -2.71. The molecule has 0 bridgehead atoms. The number of alkyl halides is 3. The first-order chi connectivity index (χ1) is 9.58. The lowest BCUT2D eigenvalue weighted by Gasteiger charge is -2.14. The van der Waals surface area contributed by atoms with Gasteiger partial charge in [0.05, 0.1) is 0 Å². The molecule has 0 unspecified atom stereocenters. The van der Waals surface area contributed by atoms with Crippen molar-refractivity contribution in [2.45, 2.75) is 20.0 Å². The summed E-state index contributed by atoms with van der Waals surface area (Å²) in [6, 6.07) is 9.24. The van der Waals surface area contributed by atoms with Crippen molar-refractivity contribution in [3.63, 3.8) is 0 Å². The molecular weight excluding hydrogens is 265 g/mol. The molecule has 4 heteroatoms. The zero-order chi connectivity index (χ0) is 14.7. The van der Waals surface area contributed by atoms with Gasteiger partial charge in [-0.05, 0) is 35.2 Å². The summed E-state index contributed by atoms with van der Waals surface area (Å²) in [4.78, 5) is 10.7. The number of hydrogen-bond acceptors (Lipinski definition) is 1. The van der Waals surface area contributed by atoms with E-state index in [9.17, 15) is 18.0 Å². The van der Waals surface area contributed by atoms with Gasteiger partial charge in [-0.15, -0.1) is 0 Å². The molecule has 0 spiro atoms. The van der Waals surface area contributed by atoms with Crippen LogP contribution in [0.3, 0.4) is 0 Å². The number of rotatable bonds is 4. The van der Waals surface area contributed by atoms with Crippen LogP contribution in [0.1, 0.15) is 33.5 Å². The fourth-order valence-corrected chi connectivity index (χ4v) is 2.27. The molecule has 0 fully saturated rings. The van der Waals surface area contributed by atoms with E-state index in [4.69, 9.17) is 0 Å². The maximum atomic E-state index is 13.2. The van der Waals surface area contributed by atoms with Crippen molar-refractivity contribution in [1.82, 2.24) is 0 Å². The minimum absolute atomic E-state index is 0.00412. The van der Waals surface area contributed by atoms with Gasteiger partial charge in [-0.2, -0.15) is 0 Å². The normalized spacial score (nSPS) is 10.8. The number of benzene rings is 2. The topological polar surface area (TPSA) is 17.1 Å². The molecule has 104 valence electrons. The summed E-state index contributed by atoms with van der Waals surface area (Å²) in [5.41, 5.74) is 2.06. The van der Waals surface area contributed by atoms with E-state index in [1.54, 1.807) is 31.2 Å². The lowest BCUT2D eigenvalue weighted by Crippen LogP contribution is -1.97. The molecule has 0 saturated carbocycles. The zero-order valence-corrected chi connectivity index (χ0v) is 10.9. The van der Waals surface area contributed by atoms with Crippen molar-refractivity contribution in [2.75, 3.05) is 0 Å². The number of carbonyl (C=O) groups is 1. The second-order valence-corrected chi connectivity index (χ2v) is 4.50. The van der Waals surface area contributed by atoms with Gasteiger partial charge in [0.1, 0.15) is 13.0 Å². The van der Waals surface area contributed by atoms with Gasteiger partial charge in [0.15, 0.2) is 0 Å². The van der Waals surface area contributed by atoms with Crippen LogP contribution >= 0.6 is 0 Å². The van der Waals surface area contributed by atoms with E-state index in [-0.39, 0.29) is 11.1 Å². The molecule has 20 heavy (non-hydrogen) atoms. The Hall–Kier alpha value is -2.10. The molecule has 0 N–H and O–H groups in total. The highest BCUT2D eigenvalue weighted by molar-refractivity contribution is 5.79. The van der Waals surface area contributed by atoms with Gasteiger partial charge >= 0.3 is 0 Å². The molecule has 0 aromatic heterocycles. The third-order valence-corrected chi connectivity index (χ3v) is 3.26. The van der Waals surface area contributed by atoms with Crippen LogP contribution in [0.15, 0.2) is 36.4 Å². The van der Waals surface area contributed by atoms with Gasteiger partial charge in [0, 0.05) is 11.1 Å². The van der Waals surface area contributed by atoms with Gasteiger partial charge < -0.3 is 0 Å². The molecule has 0 amide bonds. The molecule has 0 radical (unpaired) electrons. The van der Waals surface area contributed by atoms with Crippen LogP contribution in [0.2, 0.25) is 0 Å². The second kappa shape index (κ2) is 5.90. The van der Waals surface area contributed by atoms with Gasteiger partial charge in [-0.3, -0.25) is 4.79 Å². The van der Waals surface area contributed by atoms with Crippen molar-refractivity contribution >= 4 is 6.29 Å². The van der Waals surface area contributed by atoms with Gasteiger partial charge in [-0.1, -0.05) is 30.3 Å². The highest BCUT2D eigenvalue weighted by Gasteiger charge is 2.17. The molecule has 0 aliphatic heterocycles. The molecule has 0 atom stereocenters. The van der Waals surface area contributed by atoms with Crippen LogP contribution in [-0.2, 0) is 6.67 Å². The van der Waals surface area contributed by atoms with Crippen molar-refractivity contribution in [3.8, 4) is 11.1 Å². The molecule has 1 nitrogen and oxygen atoms in total. The van der Waals surface area contributed by atoms with Gasteiger partial charge in [0.25, 0.3) is 6.43 Å². The number of aldehydes is 1. The van der Waals surface area contributed by atoms with Gasteiger partial charge in [0.2, 0.25) is 0 Å². The molecule has 0 aliphatic carbocycles. The molecule has 2 aromatic rings. The van der Waals surface area contributed by atoms with Crippen molar-refractivity contribution in [1.29, 1.82) is 0 Å². The SMILES string of the molecule is Cc1cc(C=O)ccc1-c1cccc(C(F)F)c1CF. The van der Waals surface area contributed by atoms with E-state index in [1.807, 2.05) is 0 Å². The average molecular weight is 278 g/mol. The third-order valence-electron chi connectivity index (χ3n) is 3.26. The number of hydrogen-bond donors (Lipinski definition) is 0. The monoisotopic (exact) mass is 278 g/mol. The lowest BCUT2D eigenvalue weighted by molar-refractivity contribution is 0.112. The van der Waals surface area contributed by atoms with Crippen molar-refractivity contribution in [3.05, 3.63) is 58.7 Å².